The molecule has 0 aliphatic rings. The number of alkyl halides is 1. The van der Waals surface area contributed by atoms with Gasteiger partial charge in [0.15, 0.2) is 0 Å². The molecular formula is C14H15ClN2O. The van der Waals surface area contributed by atoms with Crippen molar-refractivity contribution in [3.05, 3.63) is 54.1 Å². The summed E-state index contributed by atoms with van der Waals surface area (Å²) in [5.74, 6) is 0.943. The zero-order valence-electron chi connectivity index (χ0n) is 10.2. The molecule has 0 aliphatic heterocycles. The summed E-state index contributed by atoms with van der Waals surface area (Å²) < 4.78 is 1.94. The first kappa shape index (κ1) is 12.8. The van der Waals surface area contributed by atoms with Crippen LogP contribution in [0.15, 0.2) is 42.7 Å². The summed E-state index contributed by atoms with van der Waals surface area (Å²) in [7, 11) is 1.93. The third-order valence-electron chi connectivity index (χ3n) is 2.95. The normalized spacial score (nSPS) is 12.3. The van der Waals surface area contributed by atoms with E-state index in [2.05, 4.69) is 4.98 Å². The van der Waals surface area contributed by atoms with Crippen molar-refractivity contribution in [1.29, 1.82) is 0 Å². The van der Waals surface area contributed by atoms with E-state index in [0.717, 1.165) is 11.4 Å². The van der Waals surface area contributed by atoms with Gasteiger partial charge in [-0.15, -0.1) is 11.6 Å². The average molecular weight is 263 g/mol. The van der Waals surface area contributed by atoms with Gasteiger partial charge in [-0.25, -0.2) is 4.98 Å². The highest BCUT2D eigenvalue weighted by Crippen LogP contribution is 2.26. The highest BCUT2D eigenvalue weighted by atomic mass is 35.5. The standard InChI is InChI=1S/C14H15ClN2O/c1-17-8-7-16-14(17)13(9-12(18)10-15)11-5-3-2-4-6-11/h2-8,13H,9-10H2,1H3. The first-order valence-electron chi connectivity index (χ1n) is 5.82. The van der Waals surface area contributed by atoms with E-state index in [-0.39, 0.29) is 17.6 Å². The van der Waals surface area contributed by atoms with E-state index in [1.807, 2.05) is 48.1 Å². The molecule has 0 N–H and O–H groups in total. The Labute approximate surface area is 111 Å². The molecule has 1 heterocycles. The van der Waals surface area contributed by atoms with Crippen LogP contribution in [0.5, 0.6) is 0 Å². The van der Waals surface area contributed by atoms with Crippen LogP contribution >= 0.6 is 11.6 Å². The predicted octanol–water partition coefficient (Wildman–Crippen LogP) is 2.75. The minimum atomic E-state index is -0.0301. The van der Waals surface area contributed by atoms with Crippen molar-refractivity contribution in [3.63, 3.8) is 0 Å². The summed E-state index contributed by atoms with van der Waals surface area (Å²) in [5, 5.41) is 0. The number of nitrogens with zero attached hydrogens (tertiary/aromatic N) is 2. The van der Waals surface area contributed by atoms with E-state index in [4.69, 9.17) is 11.6 Å². The molecule has 0 saturated carbocycles. The fourth-order valence-electron chi connectivity index (χ4n) is 2.04. The second kappa shape index (κ2) is 5.83. The molecule has 1 aromatic heterocycles. The molecule has 1 aromatic carbocycles. The number of halogens is 1. The van der Waals surface area contributed by atoms with Crippen LogP contribution in [-0.4, -0.2) is 21.2 Å². The van der Waals surface area contributed by atoms with Crippen LogP contribution in [0.4, 0.5) is 0 Å². The zero-order valence-corrected chi connectivity index (χ0v) is 11.0. The van der Waals surface area contributed by atoms with Gasteiger partial charge in [-0.2, -0.15) is 0 Å². The van der Waals surface area contributed by atoms with Gasteiger partial charge < -0.3 is 4.57 Å². The van der Waals surface area contributed by atoms with Crippen LogP contribution in [0.25, 0.3) is 0 Å². The van der Waals surface area contributed by atoms with Crippen LogP contribution in [0.1, 0.15) is 23.7 Å². The molecule has 0 spiro atoms. The van der Waals surface area contributed by atoms with Gasteiger partial charge in [-0.1, -0.05) is 30.3 Å². The number of Topliss-reactive ketones (excluding diaryl/α,β-unsaturated/α-hetero) is 1. The molecule has 0 fully saturated rings. The van der Waals surface area contributed by atoms with Crippen molar-refractivity contribution < 1.29 is 4.79 Å². The molecule has 0 bridgehead atoms. The maximum Gasteiger partial charge on any atom is 0.148 e. The van der Waals surface area contributed by atoms with E-state index >= 15 is 0 Å². The van der Waals surface area contributed by atoms with Gasteiger partial charge >= 0.3 is 0 Å². The average Bonchev–Trinajstić information content (AvgIpc) is 2.83. The maximum atomic E-state index is 11.6. The number of rotatable bonds is 5. The Morgan fingerprint density at radius 3 is 2.67 bits per heavy atom. The molecule has 1 unspecified atom stereocenters. The van der Waals surface area contributed by atoms with E-state index in [9.17, 15) is 4.79 Å². The molecule has 1 atom stereocenters. The maximum absolute atomic E-state index is 11.6. The van der Waals surface area contributed by atoms with Crippen LogP contribution in [0.3, 0.4) is 0 Å². The SMILES string of the molecule is Cn1ccnc1C(CC(=O)CCl)c1ccccc1. The van der Waals surface area contributed by atoms with Crippen LogP contribution in [0, 0.1) is 0 Å². The van der Waals surface area contributed by atoms with Gasteiger partial charge in [0.2, 0.25) is 0 Å². The van der Waals surface area contributed by atoms with E-state index in [0.29, 0.717) is 6.42 Å². The summed E-state index contributed by atoms with van der Waals surface area (Å²) in [6.07, 6.45) is 4.02. The molecule has 2 rings (SSSR count). The van der Waals surface area contributed by atoms with Gasteiger partial charge in [0.25, 0.3) is 0 Å². The van der Waals surface area contributed by atoms with Crippen molar-refractivity contribution in [3.8, 4) is 0 Å². The smallest absolute Gasteiger partial charge is 0.148 e. The fraction of sp³-hybridized carbons (Fsp3) is 0.286. The van der Waals surface area contributed by atoms with Crippen molar-refractivity contribution in [2.45, 2.75) is 12.3 Å². The van der Waals surface area contributed by atoms with Gasteiger partial charge in [-0.3, -0.25) is 4.79 Å². The minimum absolute atomic E-state index is 0.0301. The lowest BCUT2D eigenvalue weighted by molar-refractivity contribution is -0.116. The molecule has 18 heavy (non-hydrogen) atoms. The first-order chi connectivity index (χ1) is 8.72. The van der Waals surface area contributed by atoms with Gasteiger partial charge in [-0.05, 0) is 5.56 Å². The third-order valence-corrected chi connectivity index (χ3v) is 3.25. The van der Waals surface area contributed by atoms with Crippen LogP contribution < -0.4 is 0 Å². The number of aryl methyl sites for hydroxylation is 1. The van der Waals surface area contributed by atoms with E-state index in [1.165, 1.54) is 0 Å². The molecule has 0 saturated heterocycles. The molecule has 3 nitrogen and oxygen atoms in total. The number of hydrogen-bond donors (Lipinski definition) is 0. The number of hydrogen-bond acceptors (Lipinski definition) is 2. The highest BCUT2D eigenvalue weighted by molar-refractivity contribution is 6.27. The second-order valence-electron chi connectivity index (χ2n) is 4.24. The molecule has 0 radical (unpaired) electrons. The minimum Gasteiger partial charge on any atom is -0.337 e. The number of carbonyl (C=O) groups excluding carboxylic acids is 1. The largest absolute Gasteiger partial charge is 0.337 e. The molecule has 0 amide bonds. The van der Waals surface area contributed by atoms with Crippen molar-refractivity contribution >= 4 is 17.4 Å². The first-order valence-corrected chi connectivity index (χ1v) is 6.35. The Balaban J connectivity index is 2.35. The fourth-order valence-corrected chi connectivity index (χ4v) is 2.15. The third kappa shape index (κ3) is 2.79. The van der Waals surface area contributed by atoms with Gasteiger partial charge in [0, 0.05) is 31.8 Å². The lowest BCUT2D eigenvalue weighted by Gasteiger charge is -2.16. The van der Waals surface area contributed by atoms with E-state index < -0.39 is 0 Å². The van der Waals surface area contributed by atoms with Crippen LogP contribution in [0.2, 0.25) is 0 Å². The van der Waals surface area contributed by atoms with Crippen molar-refractivity contribution in [1.82, 2.24) is 9.55 Å². The Morgan fingerprint density at radius 1 is 1.39 bits per heavy atom. The number of benzene rings is 1. The summed E-state index contributed by atoms with van der Waals surface area (Å²) in [5.41, 5.74) is 1.09. The van der Waals surface area contributed by atoms with Gasteiger partial charge in [0.1, 0.15) is 11.6 Å². The van der Waals surface area contributed by atoms with Crippen LogP contribution in [-0.2, 0) is 11.8 Å². The number of aromatic nitrogens is 2. The zero-order chi connectivity index (χ0) is 13.0. The molecule has 4 heteroatoms. The number of carbonyl (C=O) groups is 1. The Bertz CT molecular complexity index is 522. The van der Waals surface area contributed by atoms with Crippen molar-refractivity contribution in [2.24, 2.45) is 7.05 Å². The molecular weight excluding hydrogens is 248 g/mol. The quantitative estimate of drug-likeness (QED) is 0.777. The summed E-state index contributed by atoms with van der Waals surface area (Å²) >= 11 is 5.61. The Kier molecular flexibility index (Phi) is 4.15. The Hall–Kier alpha value is -1.61. The lowest BCUT2D eigenvalue weighted by atomic mass is 9.93. The number of imidazole rings is 1. The summed E-state index contributed by atoms with van der Waals surface area (Å²) in [4.78, 5) is 16.0. The highest BCUT2D eigenvalue weighted by Gasteiger charge is 2.20. The number of ketones is 1. The van der Waals surface area contributed by atoms with Gasteiger partial charge in [0.05, 0.1) is 5.88 Å². The monoisotopic (exact) mass is 262 g/mol. The van der Waals surface area contributed by atoms with Crippen molar-refractivity contribution in [2.75, 3.05) is 5.88 Å². The van der Waals surface area contributed by atoms with E-state index in [1.54, 1.807) is 6.20 Å². The molecule has 2 aromatic rings. The Morgan fingerprint density at radius 2 is 2.11 bits per heavy atom. The lowest BCUT2D eigenvalue weighted by Crippen LogP contribution is -2.13. The summed E-state index contributed by atoms with van der Waals surface area (Å²) in [6, 6.07) is 9.93. The topological polar surface area (TPSA) is 34.9 Å². The predicted molar refractivity (Wildman–Crippen MR) is 71.8 cm³/mol. The molecule has 94 valence electrons. The summed E-state index contributed by atoms with van der Waals surface area (Å²) in [6.45, 7) is 0. The molecule has 0 aliphatic carbocycles. The second-order valence-corrected chi connectivity index (χ2v) is 4.50.